The largest absolute Gasteiger partial charge is 0.490 e. The molecule has 0 N–H and O–H groups in total. The zero-order chi connectivity index (χ0) is 18.4. The smallest absolute Gasteiger partial charge is 0.338 e. The Morgan fingerprint density at radius 2 is 1.96 bits per heavy atom. The van der Waals surface area contributed by atoms with Gasteiger partial charge in [-0.2, -0.15) is 4.98 Å². The fraction of sp³-hybridized carbons (Fsp3) is 0.150. The molecule has 26 heavy (non-hydrogen) atoms. The summed E-state index contributed by atoms with van der Waals surface area (Å²) in [5.74, 6) is 0.887. The molecule has 0 radical (unpaired) electrons. The predicted molar refractivity (Wildman–Crippen MR) is 95.7 cm³/mol. The highest BCUT2D eigenvalue weighted by Crippen LogP contribution is 2.20. The predicted octanol–water partition coefficient (Wildman–Crippen LogP) is 3.97. The van der Waals surface area contributed by atoms with Crippen molar-refractivity contribution in [1.29, 1.82) is 0 Å². The van der Waals surface area contributed by atoms with Crippen molar-refractivity contribution in [1.82, 2.24) is 10.1 Å². The van der Waals surface area contributed by atoms with Crippen LogP contribution in [0.5, 0.6) is 5.75 Å². The first-order valence-corrected chi connectivity index (χ1v) is 8.07. The van der Waals surface area contributed by atoms with Gasteiger partial charge in [-0.15, -0.1) is 0 Å². The van der Waals surface area contributed by atoms with Crippen LogP contribution in [0.3, 0.4) is 0 Å². The van der Waals surface area contributed by atoms with Gasteiger partial charge in [-0.05, 0) is 36.8 Å². The number of rotatable bonds is 7. The van der Waals surface area contributed by atoms with Crippen LogP contribution in [-0.4, -0.2) is 22.7 Å². The Balaban J connectivity index is 1.60. The number of ether oxygens (including phenoxy) is 2. The number of benzene rings is 2. The van der Waals surface area contributed by atoms with Gasteiger partial charge in [0.15, 0.2) is 6.61 Å². The van der Waals surface area contributed by atoms with E-state index < -0.39 is 5.97 Å². The Labute approximate surface area is 151 Å². The Morgan fingerprint density at radius 3 is 2.69 bits per heavy atom. The molecule has 0 bridgehead atoms. The van der Waals surface area contributed by atoms with E-state index in [2.05, 4.69) is 16.7 Å². The third-order valence-electron chi connectivity index (χ3n) is 3.64. The highest BCUT2D eigenvalue weighted by atomic mass is 16.6. The molecule has 2 aromatic carbocycles. The number of aromatic nitrogens is 2. The molecule has 3 rings (SSSR count). The van der Waals surface area contributed by atoms with Gasteiger partial charge in [0.2, 0.25) is 5.82 Å². The molecule has 0 amide bonds. The standard InChI is InChI=1S/C20H18N2O4/c1-3-12-24-16-10-8-15(9-11-16)20(23)25-13-18-21-19(22-26-18)17-7-5-4-6-14(17)2/h3-11H,1,12-13H2,2H3. The molecule has 1 heterocycles. The quantitative estimate of drug-likeness (QED) is 0.474. The lowest BCUT2D eigenvalue weighted by atomic mass is 10.1. The van der Waals surface area contributed by atoms with Crippen LogP contribution in [0.15, 0.2) is 65.7 Å². The fourth-order valence-corrected chi connectivity index (χ4v) is 2.30. The highest BCUT2D eigenvalue weighted by molar-refractivity contribution is 5.89. The van der Waals surface area contributed by atoms with Crippen LogP contribution in [0, 0.1) is 6.92 Å². The minimum atomic E-state index is -0.476. The van der Waals surface area contributed by atoms with Gasteiger partial charge >= 0.3 is 5.97 Å². The van der Waals surface area contributed by atoms with E-state index in [9.17, 15) is 4.79 Å². The zero-order valence-electron chi connectivity index (χ0n) is 14.3. The van der Waals surface area contributed by atoms with Crippen LogP contribution in [-0.2, 0) is 11.3 Å². The summed E-state index contributed by atoms with van der Waals surface area (Å²) < 4.78 is 15.7. The number of carbonyl (C=O) groups is 1. The first kappa shape index (κ1) is 17.4. The molecule has 0 saturated heterocycles. The van der Waals surface area contributed by atoms with Crippen LogP contribution in [0.4, 0.5) is 0 Å². The molecule has 0 aliphatic heterocycles. The minimum Gasteiger partial charge on any atom is -0.490 e. The lowest BCUT2D eigenvalue weighted by molar-refractivity contribution is 0.0430. The van der Waals surface area contributed by atoms with Gasteiger partial charge in [-0.1, -0.05) is 42.1 Å². The normalized spacial score (nSPS) is 10.3. The molecule has 6 heteroatoms. The third-order valence-corrected chi connectivity index (χ3v) is 3.64. The molecule has 0 unspecified atom stereocenters. The molecule has 0 fully saturated rings. The van der Waals surface area contributed by atoms with E-state index >= 15 is 0 Å². The van der Waals surface area contributed by atoms with Crippen molar-refractivity contribution in [3.63, 3.8) is 0 Å². The highest BCUT2D eigenvalue weighted by Gasteiger charge is 2.13. The average molecular weight is 350 g/mol. The number of carbonyl (C=O) groups excluding carboxylic acids is 1. The Morgan fingerprint density at radius 1 is 1.19 bits per heavy atom. The van der Waals surface area contributed by atoms with Gasteiger partial charge in [0.25, 0.3) is 5.89 Å². The molecule has 0 atom stereocenters. The Bertz CT molecular complexity index is 900. The van der Waals surface area contributed by atoms with Gasteiger partial charge in [-0.25, -0.2) is 4.79 Å². The summed E-state index contributed by atoms with van der Waals surface area (Å²) >= 11 is 0. The summed E-state index contributed by atoms with van der Waals surface area (Å²) in [6.07, 6.45) is 1.65. The molecule has 0 spiro atoms. The van der Waals surface area contributed by atoms with Gasteiger partial charge in [0, 0.05) is 5.56 Å². The van der Waals surface area contributed by atoms with E-state index in [1.807, 2.05) is 31.2 Å². The van der Waals surface area contributed by atoms with E-state index in [0.29, 0.717) is 23.7 Å². The first-order valence-electron chi connectivity index (χ1n) is 8.07. The molecule has 0 saturated carbocycles. The lowest BCUT2D eigenvalue weighted by Crippen LogP contribution is -2.05. The molecular weight excluding hydrogens is 332 g/mol. The van der Waals surface area contributed by atoms with Crippen molar-refractivity contribution < 1.29 is 18.8 Å². The molecule has 1 aromatic heterocycles. The van der Waals surface area contributed by atoms with Crippen LogP contribution >= 0.6 is 0 Å². The van der Waals surface area contributed by atoms with Gasteiger partial charge < -0.3 is 14.0 Å². The molecule has 3 aromatic rings. The van der Waals surface area contributed by atoms with Gasteiger partial charge in [-0.3, -0.25) is 0 Å². The number of aryl methyl sites for hydroxylation is 1. The summed E-state index contributed by atoms with van der Waals surface area (Å²) in [4.78, 5) is 16.4. The SMILES string of the molecule is C=CCOc1ccc(C(=O)OCc2nc(-c3ccccc3C)no2)cc1. The van der Waals surface area contributed by atoms with Crippen molar-refractivity contribution >= 4 is 5.97 Å². The minimum absolute atomic E-state index is 0.0908. The molecule has 0 aliphatic rings. The van der Waals surface area contributed by atoms with Crippen LogP contribution in [0.2, 0.25) is 0 Å². The fourth-order valence-electron chi connectivity index (χ4n) is 2.30. The summed E-state index contributed by atoms with van der Waals surface area (Å²) in [7, 11) is 0. The van der Waals surface area contributed by atoms with E-state index in [0.717, 1.165) is 11.1 Å². The van der Waals surface area contributed by atoms with Crippen molar-refractivity contribution in [2.45, 2.75) is 13.5 Å². The van der Waals surface area contributed by atoms with E-state index in [1.165, 1.54) is 0 Å². The summed E-state index contributed by atoms with van der Waals surface area (Å²) in [6.45, 7) is 5.86. The van der Waals surface area contributed by atoms with Gasteiger partial charge in [0.05, 0.1) is 5.56 Å². The van der Waals surface area contributed by atoms with Crippen LogP contribution in [0.1, 0.15) is 21.8 Å². The number of hydrogen-bond donors (Lipinski definition) is 0. The number of hydrogen-bond acceptors (Lipinski definition) is 6. The van der Waals surface area contributed by atoms with E-state index in [4.69, 9.17) is 14.0 Å². The number of esters is 1. The van der Waals surface area contributed by atoms with Crippen LogP contribution < -0.4 is 4.74 Å². The second-order valence-electron chi connectivity index (χ2n) is 5.53. The summed E-state index contributed by atoms with van der Waals surface area (Å²) in [5, 5.41) is 3.94. The third kappa shape index (κ3) is 4.16. The Hall–Kier alpha value is -3.41. The molecular formula is C20H18N2O4. The van der Waals surface area contributed by atoms with Crippen molar-refractivity contribution in [3.05, 3.63) is 78.2 Å². The van der Waals surface area contributed by atoms with Crippen molar-refractivity contribution in [2.75, 3.05) is 6.61 Å². The summed E-state index contributed by atoms with van der Waals surface area (Å²) in [6, 6.07) is 14.4. The lowest BCUT2D eigenvalue weighted by Gasteiger charge is -2.05. The van der Waals surface area contributed by atoms with Crippen molar-refractivity contribution in [3.8, 4) is 17.1 Å². The monoisotopic (exact) mass is 350 g/mol. The molecule has 0 aliphatic carbocycles. The zero-order valence-corrected chi connectivity index (χ0v) is 14.3. The van der Waals surface area contributed by atoms with Crippen LogP contribution in [0.25, 0.3) is 11.4 Å². The Kier molecular flexibility index (Phi) is 5.43. The molecule has 132 valence electrons. The first-order chi connectivity index (χ1) is 12.7. The van der Waals surface area contributed by atoms with Gasteiger partial charge in [0.1, 0.15) is 12.4 Å². The number of nitrogens with zero attached hydrogens (tertiary/aromatic N) is 2. The molecule has 6 nitrogen and oxygen atoms in total. The second-order valence-corrected chi connectivity index (χ2v) is 5.53. The maximum atomic E-state index is 12.1. The van der Waals surface area contributed by atoms with E-state index in [-0.39, 0.29) is 12.5 Å². The topological polar surface area (TPSA) is 74.5 Å². The maximum Gasteiger partial charge on any atom is 0.338 e. The average Bonchev–Trinajstić information content (AvgIpc) is 3.14. The van der Waals surface area contributed by atoms with E-state index in [1.54, 1.807) is 30.3 Å². The second kappa shape index (κ2) is 8.11. The van der Waals surface area contributed by atoms with Crippen molar-refractivity contribution in [2.24, 2.45) is 0 Å². The summed E-state index contributed by atoms with van der Waals surface area (Å²) in [5.41, 5.74) is 2.33. The maximum absolute atomic E-state index is 12.1.